The summed E-state index contributed by atoms with van der Waals surface area (Å²) >= 11 is 0. The van der Waals surface area contributed by atoms with E-state index in [1.165, 1.54) is 19.2 Å². The lowest BCUT2D eigenvalue weighted by Gasteiger charge is -2.12. The predicted octanol–water partition coefficient (Wildman–Crippen LogP) is 3.40. The maximum Gasteiger partial charge on any atom is 0.294 e. The molecule has 7 heteroatoms. The van der Waals surface area contributed by atoms with E-state index in [4.69, 9.17) is 9.47 Å². The van der Waals surface area contributed by atoms with Crippen LogP contribution in [0, 0.1) is 10.1 Å². The van der Waals surface area contributed by atoms with Crippen molar-refractivity contribution in [2.24, 2.45) is 0 Å². The molecule has 23 heavy (non-hydrogen) atoms. The van der Waals surface area contributed by atoms with E-state index in [2.05, 4.69) is 11.9 Å². The van der Waals surface area contributed by atoms with E-state index < -0.39 is 10.5 Å². The zero-order chi connectivity index (χ0) is 16.8. The number of nitrogens with zero attached hydrogens (tertiary/aromatic N) is 1. The average Bonchev–Trinajstić information content (AvgIpc) is 2.53. The molecule has 0 bridgehead atoms. The fraction of sp³-hybridized carbons (Fsp3) is 0.438. The number of benzene rings is 1. The SMILES string of the molecule is CCCCCCOc1c(OC)c(=O)[nH]c2cc([N+](=O)[O-])ccc12. The monoisotopic (exact) mass is 320 g/mol. The fourth-order valence-electron chi connectivity index (χ4n) is 2.38. The summed E-state index contributed by atoms with van der Waals surface area (Å²) in [5.41, 5.74) is -0.204. The van der Waals surface area contributed by atoms with Crippen molar-refractivity contribution in [3.05, 3.63) is 38.7 Å². The standard InChI is InChI=1S/C16H20N2O5/c1-3-4-5-6-9-23-14-12-8-7-11(18(20)21)10-13(12)17-16(19)15(14)22-2/h7-8,10H,3-6,9H2,1-2H3,(H,17,19). The highest BCUT2D eigenvalue weighted by atomic mass is 16.6. The van der Waals surface area contributed by atoms with Crippen molar-refractivity contribution in [1.29, 1.82) is 0 Å². The first kappa shape index (κ1) is 16.8. The van der Waals surface area contributed by atoms with Gasteiger partial charge in [-0.15, -0.1) is 0 Å². The molecule has 2 rings (SSSR count). The largest absolute Gasteiger partial charge is 0.489 e. The number of rotatable bonds is 8. The van der Waals surface area contributed by atoms with Crippen molar-refractivity contribution in [3.63, 3.8) is 0 Å². The molecule has 2 aromatic rings. The van der Waals surface area contributed by atoms with E-state index in [1.807, 2.05) is 0 Å². The summed E-state index contributed by atoms with van der Waals surface area (Å²) < 4.78 is 10.9. The van der Waals surface area contributed by atoms with Crippen LogP contribution in [0.1, 0.15) is 32.6 Å². The molecule has 0 atom stereocenters. The van der Waals surface area contributed by atoms with Gasteiger partial charge in [0.05, 0.1) is 24.2 Å². The van der Waals surface area contributed by atoms with Gasteiger partial charge in [-0.25, -0.2) is 0 Å². The lowest BCUT2D eigenvalue weighted by molar-refractivity contribution is -0.384. The Morgan fingerprint density at radius 2 is 2.00 bits per heavy atom. The molecule has 1 heterocycles. The summed E-state index contributed by atoms with van der Waals surface area (Å²) in [6.07, 6.45) is 4.17. The Morgan fingerprint density at radius 3 is 2.65 bits per heavy atom. The minimum Gasteiger partial charge on any atom is -0.489 e. The lowest BCUT2D eigenvalue weighted by atomic mass is 10.1. The van der Waals surface area contributed by atoms with Crippen LogP contribution in [0.15, 0.2) is 23.0 Å². The molecule has 0 saturated carbocycles. The zero-order valence-corrected chi connectivity index (χ0v) is 13.3. The number of aromatic amines is 1. The minimum absolute atomic E-state index is 0.0850. The summed E-state index contributed by atoms with van der Waals surface area (Å²) in [7, 11) is 1.39. The summed E-state index contributed by atoms with van der Waals surface area (Å²) in [5, 5.41) is 11.5. The van der Waals surface area contributed by atoms with E-state index >= 15 is 0 Å². The molecule has 1 aromatic heterocycles. The summed E-state index contributed by atoms with van der Waals surface area (Å²) in [6.45, 7) is 2.59. The molecular formula is C16H20N2O5. The molecule has 124 valence electrons. The van der Waals surface area contributed by atoms with E-state index in [1.54, 1.807) is 6.07 Å². The van der Waals surface area contributed by atoms with Gasteiger partial charge in [0.1, 0.15) is 0 Å². The first-order chi connectivity index (χ1) is 11.1. The molecule has 0 aliphatic carbocycles. The Hall–Kier alpha value is -2.57. The highest BCUT2D eigenvalue weighted by Gasteiger charge is 2.17. The van der Waals surface area contributed by atoms with Crippen LogP contribution in [0.2, 0.25) is 0 Å². The Bertz CT molecular complexity index is 754. The van der Waals surface area contributed by atoms with Gasteiger partial charge in [0.25, 0.3) is 11.2 Å². The Kier molecular flexibility index (Phi) is 5.56. The highest BCUT2D eigenvalue weighted by Crippen LogP contribution is 2.33. The number of hydrogen-bond acceptors (Lipinski definition) is 5. The third-order valence-corrected chi connectivity index (χ3v) is 3.57. The summed E-state index contributed by atoms with van der Waals surface area (Å²) in [6, 6.07) is 4.26. The van der Waals surface area contributed by atoms with Crippen molar-refractivity contribution in [3.8, 4) is 11.5 Å². The molecule has 0 amide bonds. The molecule has 0 spiro atoms. The number of H-pyrrole nitrogens is 1. The minimum atomic E-state index is -0.507. The van der Waals surface area contributed by atoms with Crippen molar-refractivity contribution < 1.29 is 14.4 Å². The fourth-order valence-corrected chi connectivity index (χ4v) is 2.38. The van der Waals surface area contributed by atoms with Crippen molar-refractivity contribution in [2.45, 2.75) is 32.6 Å². The third kappa shape index (κ3) is 3.80. The van der Waals surface area contributed by atoms with Crippen LogP contribution in [0.4, 0.5) is 5.69 Å². The van der Waals surface area contributed by atoms with Crippen LogP contribution in [0.5, 0.6) is 11.5 Å². The predicted molar refractivity (Wildman–Crippen MR) is 87.4 cm³/mol. The highest BCUT2D eigenvalue weighted by molar-refractivity contribution is 5.88. The van der Waals surface area contributed by atoms with E-state index in [-0.39, 0.29) is 11.4 Å². The van der Waals surface area contributed by atoms with Gasteiger partial charge >= 0.3 is 0 Å². The van der Waals surface area contributed by atoms with Crippen molar-refractivity contribution in [1.82, 2.24) is 4.98 Å². The molecule has 1 N–H and O–H groups in total. The Balaban J connectivity index is 2.38. The summed E-state index contributed by atoms with van der Waals surface area (Å²) in [4.78, 5) is 25.0. The van der Waals surface area contributed by atoms with Crippen LogP contribution in [-0.4, -0.2) is 23.6 Å². The van der Waals surface area contributed by atoms with E-state index in [0.717, 1.165) is 25.7 Å². The number of ether oxygens (including phenoxy) is 2. The number of aromatic nitrogens is 1. The molecule has 0 unspecified atom stereocenters. The topological polar surface area (TPSA) is 94.5 Å². The smallest absolute Gasteiger partial charge is 0.294 e. The Morgan fingerprint density at radius 1 is 1.22 bits per heavy atom. The number of unbranched alkanes of at least 4 members (excludes halogenated alkanes) is 3. The van der Waals surface area contributed by atoms with E-state index in [0.29, 0.717) is 23.3 Å². The third-order valence-electron chi connectivity index (χ3n) is 3.57. The molecular weight excluding hydrogens is 300 g/mol. The van der Waals surface area contributed by atoms with Gasteiger partial charge in [0.15, 0.2) is 5.75 Å². The second-order valence-corrected chi connectivity index (χ2v) is 5.21. The van der Waals surface area contributed by atoms with Crippen LogP contribution in [-0.2, 0) is 0 Å². The number of nitro benzene ring substituents is 1. The quantitative estimate of drug-likeness (QED) is 0.457. The maximum atomic E-state index is 12.1. The van der Waals surface area contributed by atoms with Gasteiger partial charge in [0, 0.05) is 17.5 Å². The Labute approximate surface area is 133 Å². The normalized spacial score (nSPS) is 10.7. The van der Waals surface area contributed by atoms with Gasteiger partial charge in [0.2, 0.25) is 5.75 Å². The van der Waals surface area contributed by atoms with Gasteiger partial charge in [-0.3, -0.25) is 14.9 Å². The second-order valence-electron chi connectivity index (χ2n) is 5.21. The van der Waals surface area contributed by atoms with Crippen LogP contribution < -0.4 is 15.0 Å². The van der Waals surface area contributed by atoms with Gasteiger partial charge < -0.3 is 14.5 Å². The number of non-ortho nitro benzene ring substituents is 1. The van der Waals surface area contributed by atoms with Crippen LogP contribution in [0.25, 0.3) is 10.9 Å². The molecule has 1 aromatic carbocycles. The lowest BCUT2D eigenvalue weighted by Crippen LogP contribution is -2.12. The number of fused-ring (bicyclic) bond motifs is 1. The molecule has 0 aliphatic heterocycles. The number of nitro groups is 1. The first-order valence-corrected chi connectivity index (χ1v) is 7.59. The second kappa shape index (κ2) is 7.62. The summed E-state index contributed by atoms with van der Waals surface area (Å²) in [5.74, 6) is 0.416. The average molecular weight is 320 g/mol. The molecule has 0 radical (unpaired) electrons. The molecule has 7 nitrogen and oxygen atoms in total. The van der Waals surface area contributed by atoms with Crippen LogP contribution in [0.3, 0.4) is 0 Å². The van der Waals surface area contributed by atoms with Crippen LogP contribution >= 0.6 is 0 Å². The molecule has 0 fully saturated rings. The van der Waals surface area contributed by atoms with Crippen molar-refractivity contribution >= 4 is 16.6 Å². The number of nitrogens with one attached hydrogen (secondary N) is 1. The first-order valence-electron chi connectivity index (χ1n) is 7.59. The van der Waals surface area contributed by atoms with E-state index in [9.17, 15) is 14.9 Å². The molecule has 0 aliphatic rings. The zero-order valence-electron chi connectivity index (χ0n) is 13.3. The molecule has 0 saturated heterocycles. The van der Waals surface area contributed by atoms with Gasteiger partial charge in [-0.1, -0.05) is 26.2 Å². The van der Waals surface area contributed by atoms with Crippen molar-refractivity contribution in [2.75, 3.05) is 13.7 Å². The number of pyridine rings is 1. The maximum absolute atomic E-state index is 12.1. The number of methoxy groups -OCH3 is 1. The number of hydrogen-bond donors (Lipinski definition) is 1. The van der Waals surface area contributed by atoms with Gasteiger partial charge in [-0.05, 0) is 12.5 Å². The van der Waals surface area contributed by atoms with Gasteiger partial charge in [-0.2, -0.15) is 0 Å².